The van der Waals surface area contributed by atoms with Gasteiger partial charge in [-0.15, -0.1) is 0 Å². The van der Waals surface area contributed by atoms with E-state index in [1.54, 1.807) is 0 Å². The molecule has 2 fully saturated rings. The molecule has 2 aromatic carbocycles. The quantitative estimate of drug-likeness (QED) is 0.735. The first-order chi connectivity index (χ1) is 11.7. The summed E-state index contributed by atoms with van der Waals surface area (Å²) in [4.78, 5) is 4.70. The molecule has 0 saturated heterocycles. The summed E-state index contributed by atoms with van der Waals surface area (Å²) >= 11 is 6.04. The number of benzene rings is 2. The molecular formula is C20H19ClN2O. The molecular weight excluding hydrogens is 320 g/mol. The monoisotopic (exact) mass is 338 g/mol. The molecule has 1 N–H and O–H groups in total. The third kappa shape index (κ3) is 2.52. The van der Waals surface area contributed by atoms with Crippen molar-refractivity contribution in [1.82, 2.24) is 10.3 Å². The Kier molecular flexibility index (Phi) is 3.22. The molecule has 2 aliphatic carbocycles. The van der Waals surface area contributed by atoms with E-state index in [1.807, 2.05) is 18.2 Å². The molecule has 0 bridgehead atoms. The Balaban J connectivity index is 1.29. The molecule has 24 heavy (non-hydrogen) atoms. The van der Waals surface area contributed by atoms with E-state index < -0.39 is 0 Å². The minimum absolute atomic E-state index is 0.0787. The van der Waals surface area contributed by atoms with Crippen LogP contribution in [0, 0.1) is 0 Å². The molecule has 122 valence electrons. The number of hydrogen-bond donors (Lipinski definition) is 1. The van der Waals surface area contributed by atoms with Crippen LogP contribution in [-0.4, -0.2) is 17.6 Å². The van der Waals surface area contributed by atoms with Gasteiger partial charge in [-0.3, -0.25) is 0 Å². The van der Waals surface area contributed by atoms with Crippen molar-refractivity contribution in [2.45, 2.75) is 36.6 Å². The first-order valence-electron chi connectivity index (χ1n) is 8.58. The van der Waals surface area contributed by atoms with Gasteiger partial charge in [0.2, 0.25) is 5.89 Å². The second-order valence-corrected chi connectivity index (χ2v) is 7.59. The van der Waals surface area contributed by atoms with Gasteiger partial charge in [-0.2, -0.15) is 0 Å². The number of rotatable bonds is 5. The summed E-state index contributed by atoms with van der Waals surface area (Å²) in [5, 5.41) is 4.43. The van der Waals surface area contributed by atoms with Crippen LogP contribution in [0.15, 0.2) is 52.9 Å². The van der Waals surface area contributed by atoms with Crippen LogP contribution in [0.4, 0.5) is 0 Å². The number of oxazole rings is 1. The van der Waals surface area contributed by atoms with Gasteiger partial charge >= 0.3 is 0 Å². The molecule has 0 spiro atoms. The summed E-state index contributed by atoms with van der Waals surface area (Å²) < 4.78 is 6.00. The number of fused-ring (bicyclic) bond motifs is 1. The molecule has 3 nitrogen and oxygen atoms in total. The topological polar surface area (TPSA) is 38.1 Å². The highest BCUT2D eigenvalue weighted by molar-refractivity contribution is 6.31. The second kappa shape index (κ2) is 5.33. The minimum Gasteiger partial charge on any atom is -0.440 e. The number of nitrogens with zero attached hydrogens (tertiary/aromatic N) is 1. The Hall–Kier alpha value is -1.84. The number of aromatic nitrogens is 1. The van der Waals surface area contributed by atoms with Crippen LogP contribution >= 0.6 is 11.6 Å². The van der Waals surface area contributed by atoms with Gasteiger partial charge in [0.25, 0.3) is 0 Å². The van der Waals surface area contributed by atoms with E-state index in [4.69, 9.17) is 21.0 Å². The number of halogens is 1. The Bertz CT molecular complexity index is 885. The van der Waals surface area contributed by atoms with Crippen molar-refractivity contribution >= 4 is 22.7 Å². The zero-order valence-electron chi connectivity index (χ0n) is 13.3. The van der Waals surface area contributed by atoms with Gasteiger partial charge in [-0.05, 0) is 37.0 Å². The first-order valence-corrected chi connectivity index (χ1v) is 8.96. The van der Waals surface area contributed by atoms with Crippen molar-refractivity contribution in [2.24, 2.45) is 0 Å². The average Bonchev–Trinajstić information content (AvgIpc) is 3.51. The highest BCUT2D eigenvalue weighted by Gasteiger charge is 2.50. The van der Waals surface area contributed by atoms with Crippen molar-refractivity contribution in [2.75, 3.05) is 6.54 Å². The number of nitrogens with one attached hydrogen (secondary N) is 1. The van der Waals surface area contributed by atoms with Gasteiger partial charge in [0.05, 0.1) is 5.41 Å². The van der Waals surface area contributed by atoms with Crippen LogP contribution in [0.25, 0.3) is 11.1 Å². The minimum atomic E-state index is 0.0787. The molecule has 1 aromatic heterocycles. The van der Waals surface area contributed by atoms with Gasteiger partial charge in [0.1, 0.15) is 5.52 Å². The van der Waals surface area contributed by atoms with Crippen molar-refractivity contribution in [3.63, 3.8) is 0 Å². The predicted molar refractivity (Wildman–Crippen MR) is 95.5 cm³/mol. The van der Waals surface area contributed by atoms with Crippen molar-refractivity contribution in [3.8, 4) is 0 Å². The molecule has 1 heterocycles. The lowest BCUT2D eigenvalue weighted by molar-refractivity contribution is 0.434. The zero-order valence-corrected chi connectivity index (χ0v) is 14.1. The van der Waals surface area contributed by atoms with E-state index >= 15 is 0 Å². The normalized spacial score (nSPS) is 24.2. The summed E-state index contributed by atoms with van der Waals surface area (Å²) in [5.74, 6) is 1.52. The maximum atomic E-state index is 6.04. The van der Waals surface area contributed by atoms with E-state index in [9.17, 15) is 0 Å². The fourth-order valence-corrected chi connectivity index (χ4v) is 3.72. The van der Waals surface area contributed by atoms with E-state index in [0.717, 1.165) is 36.4 Å². The van der Waals surface area contributed by atoms with E-state index in [-0.39, 0.29) is 5.41 Å². The van der Waals surface area contributed by atoms with Crippen molar-refractivity contribution < 1.29 is 4.42 Å². The summed E-state index contributed by atoms with van der Waals surface area (Å²) in [5.41, 5.74) is 3.21. The number of hydrogen-bond acceptors (Lipinski definition) is 3. The SMILES string of the molecule is Clc1ccc2nc(C3(CN[C@H]4C[C@@H]4c4ccccc4)CC3)oc2c1. The highest BCUT2D eigenvalue weighted by atomic mass is 35.5. The lowest BCUT2D eigenvalue weighted by Crippen LogP contribution is -2.29. The van der Waals surface area contributed by atoms with E-state index in [1.165, 1.54) is 12.0 Å². The maximum absolute atomic E-state index is 6.04. The maximum Gasteiger partial charge on any atom is 0.202 e. The van der Waals surface area contributed by atoms with Crippen molar-refractivity contribution in [3.05, 3.63) is 65.0 Å². The third-order valence-electron chi connectivity index (χ3n) is 5.38. The molecule has 0 radical (unpaired) electrons. The van der Waals surface area contributed by atoms with Gasteiger partial charge in [0, 0.05) is 29.6 Å². The van der Waals surface area contributed by atoms with Crippen LogP contribution in [0.1, 0.15) is 36.6 Å². The van der Waals surface area contributed by atoms with Gasteiger partial charge < -0.3 is 9.73 Å². The lowest BCUT2D eigenvalue weighted by atomic mass is 10.1. The lowest BCUT2D eigenvalue weighted by Gasteiger charge is -2.12. The molecule has 4 heteroatoms. The molecule has 0 unspecified atom stereocenters. The Labute approximate surface area is 146 Å². The predicted octanol–water partition coefficient (Wildman–Crippen LogP) is 4.66. The summed E-state index contributed by atoms with van der Waals surface area (Å²) in [7, 11) is 0. The molecule has 5 rings (SSSR count). The fourth-order valence-electron chi connectivity index (χ4n) is 3.56. The van der Waals surface area contributed by atoms with Gasteiger partial charge in [-0.1, -0.05) is 41.9 Å². The van der Waals surface area contributed by atoms with Crippen LogP contribution in [0.3, 0.4) is 0 Å². The first kappa shape index (κ1) is 14.5. The largest absolute Gasteiger partial charge is 0.440 e. The fraction of sp³-hybridized carbons (Fsp3) is 0.350. The smallest absolute Gasteiger partial charge is 0.202 e. The molecule has 0 amide bonds. The van der Waals surface area contributed by atoms with Gasteiger partial charge in [0.15, 0.2) is 5.58 Å². The molecule has 3 aromatic rings. The van der Waals surface area contributed by atoms with Crippen LogP contribution in [0.5, 0.6) is 0 Å². The Morgan fingerprint density at radius 3 is 2.79 bits per heavy atom. The third-order valence-corrected chi connectivity index (χ3v) is 5.61. The van der Waals surface area contributed by atoms with E-state index in [2.05, 4.69) is 35.6 Å². The van der Waals surface area contributed by atoms with Crippen molar-refractivity contribution in [1.29, 1.82) is 0 Å². The molecule has 0 aliphatic heterocycles. The molecule has 2 saturated carbocycles. The standard InChI is InChI=1S/C20H19ClN2O/c21-14-6-7-16-18(10-14)24-19(23-16)20(8-9-20)12-22-17-11-15(17)13-4-2-1-3-5-13/h1-7,10,15,17,22H,8-9,11-12H2/t15-,17+/m1/s1. The molecule has 2 atom stereocenters. The van der Waals surface area contributed by atoms with E-state index in [0.29, 0.717) is 17.0 Å². The second-order valence-electron chi connectivity index (χ2n) is 7.15. The molecule has 2 aliphatic rings. The highest BCUT2D eigenvalue weighted by Crippen LogP contribution is 2.49. The summed E-state index contributed by atoms with van der Waals surface area (Å²) in [6.45, 7) is 0.946. The van der Waals surface area contributed by atoms with Crippen LogP contribution < -0.4 is 5.32 Å². The average molecular weight is 339 g/mol. The zero-order chi connectivity index (χ0) is 16.1. The van der Waals surface area contributed by atoms with Crippen LogP contribution in [0.2, 0.25) is 5.02 Å². The van der Waals surface area contributed by atoms with Crippen LogP contribution in [-0.2, 0) is 5.41 Å². The summed E-state index contributed by atoms with van der Waals surface area (Å²) in [6.07, 6.45) is 3.51. The Morgan fingerprint density at radius 1 is 1.17 bits per heavy atom. The summed E-state index contributed by atoms with van der Waals surface area (Å²) in [6, 6.07) is 17.0. The Morgan fingerprint density at radius 2 is 2.00 bits per heavy atom. The van der Waals surface area contributed by atoms with Gasteiger partial charge in [-0.25, -0.2) is 4.98 Å².